The third-order valence-corrected chi connectivity index (χ3v) is 2.02. The lowest BCUT2D eigenvalue weighted by atomic mass is 10.3. The monoisotopic (exact) mass is 221 g/mol. The zero-order chi connectivity index (χ0) is 11.5. The normalized spacial score (nSPS) is 10.1. The van der Waals surface area contributed by atoms with Gasteiger partial charge in [-0.1, -0.05) is 0 Å². The van der Waals surface area contributed by atoms with E-state index in [9.17, 15) is 14.5 Å². The van der Waals surface area contributed by atoms with E-state index in [0.29, 0.717) is 0 Å². The van der Waals surface area contributed by atoms with Crippen molar-refractivity contribution in [2.24, 2.45) is 0 Å². The molecule has 0 aliphatic rings. The summed E-state index contributed by atoms with van der Waals surface area (Å²) in [6, 6.07) is 7.00. The van der Waals surface area contributed by atoms with Crippen LogP contribution in [0.3, 0.4) is 0 Å². The number of anilines is 1. The van der Waals surface area contributed by atoms with Crippen LogP contribution in [0.25, 0.3) is 0 Å². The molecule has 0 amide bonds. The van der Waals surface area contributed by atoms with Gasteiger partial charge in [0, 0.05) is 18.5 Å². The Balaban J connectivity index is 2.26. The van der Waals surface area contributed by atoms with E-state index in [1.54, 1.807) is 29.2 Å². The molecule has 1 aromatic carbocycles. The number of nitro benzene ring substituents is 1. The molecule has 2 rings (SSSR count). The van der Waals surface area contributed by atoms with Crippen molar-refractivity contribution in [1.82, 2.24) is 4.68 Å². The fourth-order valence-corrected chi connectivity index (χ4v) is 1.26. The summed E-state index contributed by atoms with van der Waals surface area (Å²) in [6.45, 7) is 0. The number of hydrogen-bond donors (Lipinski definition) is 1. The van der Waals surface area contributed by atoms with Gasteiger partial charge in [-0.15, -0.1) is 0 Å². The molecule has 1 N–H and O–H groups in total. The van der Waals surface area contributed by atoms with Crippen LogP contribution in [0.5, 0.6) is 0 Å². The topological polar surface area (TPSA) is 60.1 Å². The number of hydrogen-bond acceptors (Lipinski definition) is 3. The first-order valence-corrected chi connectivity index (χ1v) is 4.51. The molecule has 1 heterocycles. The highest BCUT2D eigenvalue weighted by molar-refractivity contribution is 5.49. The fourth-order valence-electron chi connectivity index (χ4n) is 1.26. The van der Waals surface area contributed by atoms with Gasteiger partial charge >= 0.3 is 0 Å². The molecule has 1 aromatic heterocycles. The van der Waals surface area contributed by atoms with Crippen molar-refractivity contribution in [2.75, 3.05) is 5.43 Å². The molecule has 6 heteroatoms. The molecule has 5 nitrogen and oxygen atoms in total. The van der Waals surface area contributed by atoms with E-state index in [-0.39, 0.29) is 11.4 Å². The molecule has 16 heavy (non-hydrogen) atoms. The maximum atomic E-state index is 13.4. The minimum Gasteiger partial charge on any atom is -0.292 e. The van der Waals surface area contributed by atoms with Crippen molar-refractivity contribution in [3.63, 3.8) is 0 Å². The van der Waals surface area contributed by atoms with Gasteiger partial charge in [0.05, 0.1) is 16.7 Å². The first-order valence-electron chi connectivity index (χ1n) is 4.51. The van der Waals surface area contributed by atoms with E-state index >= 15 is 0 Å². The maximum Gasteiger partial charge on any atom is 0.272 e. The molecule has 0 unspecified atom stereocenters. The Morgan fingerprint density at radius 1 is 1.31 bits per heavy atom. The van der Waals surface area contributed by atoms with Gasteiger partial charge < -0.3 is 0 Å². The van der Waals surface area contributed by atoms with E-state index in [4.69, 9.17) is 0 Å². The SMILES string of the molecule is O=[N+]([O-])c1ccc(Nn2cccc2)c(F)c1. The number of halogens is 1. The average Bonchev–Trinajstić information content (AvgIpc) is 2.73. The van der Waals surface area contributed by atoms with Crippen LogP contribution in [0, 0.1) is 15.9 Å². The number of nitrogens with zero attached hydrogens (tertiary/aromatic N) is 2. The second kappa shape index (κ2) is 4.01. The van der Waals surface area contributed by atoms with Crippen molar-refractivity contribution in [1.29, 1.82) is 0 Å². The summed E-state index contributed by atoms with van der Waals surface area (Å²) < 4.78 is 15.0. The minimum atomic E-state index is -0.664. The second-order valence-electron chi connectivity index (χ2n) is 3.12. The Morgan fingerprint density at radius 2 is 2.00 bits per heavy atom. The predicted octanol–water partition coefficient (Wildman–Crippen LogP) is 2.41. The fraction of sp³-hybridized carbons (Fsp3) is 0. The van der Waals surface area contributed by atoms with Crippen LogP contribution < -0.4 is 5.43 Å². The molecular formula is C10H8FN3O2. The van der Waals surface area contributed by atoms with E-state index in [0.717, 1.165) is 6.07 Å². The molecule has 0 spiro atoms. The summed E-state index contributed by atoms with van der Waals surface area (Å²) in [7, 11) is 0. The Bertz CT molecular complexity index is 511. The van der Waals surface area contributed by atoms with Gasteiger partial charge in [-0.2, -0.15) is 0 Å². The maximum absolute atomic E-state index is 13.4. The molecule has 82 valence electrons. The number of rotatable bonds is 3. The van der Waals surface area contributed by atoms with Gasteiger partial charge in [-0.3, -0.25) is 20.2 Å². The third kappa shape index (κ3) is 2.00. The molecule has 0 saturated heterocycles. The second-order valence-corrected chi connectivity index (χ2v) is 3.12. The highest BCUT2D eigenvalue weighted by Crippen LogP contribution is 2.20. The van der Waals surface area contributed by atoms with Crippen LogP contribution >= 0.6 is 0 Å². The molecular weight excluding hydrogens is 213 g/mol. The summed E-state index contributed by atoms with van der Waals surface area (Å²) in [4.78, 5) is 9.76. The number of non-ortho nitro benzene ring substituents is 1. The van der Waals surface area contributed by atoms with Gasteiger partial charge in [0.25, 0.3) is 5.69 Å². The van der Waals surface area contributed by atoms with Gasteiger partial charge in [0.1, 0.15) is 0 Å². The van der Waals surface area contributed by atoms with Crippen molar-refractivity contribution >= 4 is 11.4 Å². The summed E-state index contributed by atoms with van der Waals surface area (Å²) >= 11 is 0. The summed E-state index contributed by atoms with van der Waals surface area (Å²) in [6.07, 6.45) is 3.39. The molecule has 0 saturated carbocycles. The lowest BCUT2D eigenvalue weighted by molar-refractivity contribution is -0.385. The minimum absolute atomic E-state index is 0.182. The molecule has 0 aliphatic heterocycles. The molecule has 2 aromatic rings. The summed E-state index contributed by atoms with van der Waals surface area (Å²) in [5.41, 5.74) is 2.65. The smallest absolute Gasteiger partial charge is 0.272 e. The van der Waals surface area contributed by atoms with Crippen molar-refractivity contribution in [3.8, 4) is 0 Å². The zero-order valence-corrected chi connectivity index (χ0v) is 8.13. The lowest BCUT2D eigenvalue weighted by Gasteiger charge is -2.07. The molecule has 0 radical (unpaired) electrons. The average molecular weight is 221 g/mol. The van der Waals surface area contributed by atoms with Crippen LogP contribution in [-0.4, -0.2) is 9.60 Å². The Hall–Kier alpha value is -2.37. The standard InChI is InChI=1S/C10H8FN3O2/c11-9-7-8(14(15)16)3-4-10(9)12-13-5-1-2-6-13/h1-7,12H. The van der Waals surface area contributed by atoms with Crippen LogP contribution in [0.1, 0.15) is 0 Å². The van der Waals surface area contributed by atoms with E-state index < -0.39 is 10.7 Å². The van der Waals surface area contributed by atoms with Gasteiger partial charge in [0.15, 0.2) is 5.82 Å². The summed E-state index contributed by atoms with van der Waals surface area (Å²) in [5, 5.41) is 10.4. The van der Waals surface area contributed by atoms with Crippen LogP contribution in [-0.2, 0) is 0 Å². The van der Waals surface area contributed by atoms with Crippen molar-refractivity contribution in [2.45, 2.75) is 0 Å². The van der Waals surface area contributed by atoms with Gasteiger partial charge in [0.2, 0.25) is 0 Å². The molecule has 0 fully saturated rings. The molecule has 0 atom stereocenters. The van der Waals surface area contributed by atoms with Gasteiger partial charge in [-0.25, -0.2) is 4.39 Å². The number of nitro groups is 1. The third-order valence-electron chi connectivity index (χ3n) is 2.02. The van der Waals surface area contributed by atoms with Crippen molar-refractivity contribution in [3.05, 3.63) is 58.7 Å². The van der Waals surface area contributed by atoms with Crippen LogP contribution in [0.15, 0.2) is 42.7 Å². The number of nitrogens with one attached hydrogen (secondary N) is 1. The molecule has 0 bridgehead atoms. The molecule has 0 aliphatic carbocycles. The number of benzene rings is 1. The lowest BCUT2D eigenvalue weighted by Crippen LogP contribution is -2.07. The first-order chi connectivity index (χ1) is 7.66. The van der Waals surface area contributed by atoms with E-state index in [2.05, 4.69) is 5.43 Å². The van der Waals surface area contributed by atoms with Crippen LogP contribution in [0.2, 0.25) is 0 Å². The Kier molecular flexibility index (Phi) is 2.55. The Morgan fingerprint density at radius 3 is 2.56 bits per heavy atom. The largest absolute Gasteiger partial charge is 0.292 e. The van der Waals surface area contributed by atoms with Crippen molar-refractivity contribution < 1.29 is 9.31 Å². The number of aromatic nitrogens is 1. The predicted molar refractivity (Wildman–Crippen MR) is 56.5 cm³/mol. The van der Waals surface area contributed by atoms with E-state index in [1.807, 2.05) is 0 Å². The van der Waals surface area contributed by atoms with Gasteiger partial charge in [-0.05, 0) is 18.2 Å². The highest BCUT2D eigenvalue weighted by atomic mass is 19.1. The highest BCUT2D eigenvalue weighted by Gasteiger charge is 2.10. The summed E-state index contributed by atoms with van der Waals surface area (Å²) in [5.74, 6) is -0.664. The quantitative estimate of drug-likeness (QED) is 0.639. The first kappa shape index (κ1) is 10.2. The Labute approximate surface area is 90.2 Å². The zero-order valence-electron chi connectivity index (χ0n) is 8.13. The van der Waals surface area contributed by atoms with E-state index in [1.165, 1.54) is 12.1 Å². The van der Waals surface area contributed by atoms with Crippen LogP contribution in [0.4, 0.5) is 15.8 Å².